The number of hydrogen-bond donors (Lipinski definition) is 1. The molecule has 0 atom stereocenters. The molecule has 0 aliphatic heterocycles. The smallest absolute Gasteiger partial charge is 0.335 e. The summed E-state index contributed by atoms with van der Waals surface area (Å²) >= 11 is 0. The third kappa shape index (κ3) is 4.97. The molecule has 6 nitrogen and oxygen atoms in total. The molecule has 146 valence electrons. The first-order valence-electron chi connectivity index (χ1n) is 9.26. The van der Waals surface area contributed by atoms with Gasteiger partial charge in [0, 0.05) is 0 Å². The van der Waals surface area contributed by atoms with E-state index in [2.05, 4.69) is 0 Å². The number of carboxylic acids is 1. The van der Waals surface area contributed by atoms with Gasteiger partial charge in [-0.25, -0.2) is 4.79 Å². The maximum absolute atomic E-state index is 12.3. The van der Waals surface area contributed by atoms with E-state index in [1.165, 1.54) is 24.3 Å². The van der Waals surface area contributed by atoms with Crippen LogP contribution in [0, 0.1) is 18.8 Å². The molecule has 3 rings (SSSR count). The van der Waals surface area contributed by atoms with Gasteiger partial charge in [0.15, 0.2) is 0 Å². The first kappa shape index (κ1) is 19.6. The molecule has 0 radical (unpaired) electrons. The molecule has 1 aliphatic carbocycles. The molecule has 0 amide bonds. The van der Waals surface area contributed by atoms with E-state index in [1.807, 2.05) is 19.1 Å². The molecule has 1 N–H and O–H groups in total. The average molecular weight is 382 g/mol. The normalized spacial score (nSPS) is 18.9. The lowest BCUT2D eigenvalue weighted by Gasteiger charge is -2.25. The minimum absolute atomic E-state index is 0.132. The summed E-state index contributed by atoms with van der Waals surface area (Å²) < 4.78 is 10.8. The van der Waals surface area contributed by atoms with Crippen molar-refractivity contribution in [1.29, 1.82) is 0 Å². The Kier molecular flexibility index (Phi) is 6.09. The minimum atomic E-state index is -1.03. The van der Waals surface area contributed by atoms with Crippen LogP contribution in [0.3, 0.4) is 0 Å². The molecular weight excluding hydrogens is 360 g/mol. The van der Waals surface area contributed by atoms with Gasteiger partial charge in [0.2, 0.25) is 0 Å². The highest BCUT2D eigenvalue weighted by atomic mass is 16.5. The molecule has 0 heterocycles. The highest BCUT2D eigenvalue weighted by molar-refractivity contribution is 5.87. The van der Waals surface area contributed by atoms with Crippen molar-refractivity contribution in [3.8, 4) is 11.5 Å². The van der Waals surface area contributed by atoms with E-state index in [-0.39, 0.29) is 29.3 Å². The van der Waals surface area contributed by atoms with E-state index in [1.54, 1.807) is 12.1 Å². The summed E-state index contributed by atoms with van der Waals surface area (Å²) in [5.74, 6) is -1.30. The van der Waals surface area contributed by atoms with Crippen molar-refractivity contribution in [2.75, 3.05) is 0 Å². The molecule has 28 heavy (non-hydrogen) atoms. The Morgan fingerprint density at radius 3 is 1.54 bits per heavy atom. The molecule has 0 saturated heterocycles. The van der Waals surface area contributed by atoms with Crippen LogP contribution in [-0.2, 0) is 9.59 Å². The third-order valence-corrected chi connectivity index (χ3v) is 4.95. The molecule has 0 bridgehead atoms. The zero-order valence-electron chi connectivity index (χ0n) is 15.6. The third-order valence-electron chi connectivity index (χ3n) is 4.95. The number of hydrogen-bond acceptors (Lipinski definition) is 5. The summed E-state index contributed by atoms with van der Waals surface area (Å²) in [5, 5.41) is 8.89. The van der Waals surface area contributed by atoms with Crippen molar-refractivity contribution in [3.63, 3.8) is 0 Å². The summed E-state index contributed by atoms with van der Waals surface area (Å²) in [6.07, 6.45) is 2.25. The average Bonchev–Trinajstić information content (AvgIpc) is 2.70. The molecule has 0 aromatic heterocycles. The van der Waals surface area contributed by atoms with Crippen molar-refractivity contribution < 1.29 is 29.0 Å². The summed E-state index contributed by atoms with van der Waals surface area (Å²) in [6, 6.07) is 13.0. The van der Waals surface area contributed by atoms with Crippen molar-refractivity contribution in [2.24, 2.45) is 11.8 Å². The quantitative estimate of drug-likeness (QED) is 0.621. The Hall–Kier alpha value is -3.15. The van der Waals surface area contributed by atoms with Crippen LogP contribution < -0.4 is 9.47 Å². The lowest BCUT2D eigenvalue weighted by Crippen LogP contribution is -2.30. The van der Waals surface area contributed by atoms with Gasteiger partial charge in [-0.1, -0.05) is 17.7 Å². The largest absolute Gasteiger partial charge is 0.478 e. The van der Waals surface area contributed by atoms with Gasteiger partial charge in [0.1, 0.15) is 11.5 Å². The second-order valence-electron chi connectivity index (χ2n) is 7.03. The van der Waals surface area contributed by atoms with Crippen LogP contribution >= 0.6 is 0 Å². The van der Waals surface area contributed by atoms with E-state index in [9.17, 15) is 14.4 Å². The molecular formula is C22H22O6. The number of carbonyl (C=O) groups is 3. The standard InChI is InChI=1S/C22H22O6/c1-14-2-10-18(11-3-14)27-21(25)16-4-6-17(7-5-16)22(26)28-19-12-8-15(9-13-19)20(23)24/h2-3,8-13,16-17H,4-7H2,1H3,(H,23,24). The SMILES string of the molecule is Cc1ccc(OC(=O)C2CCC(C(=O)Oc3ccc(C(=O)O)cc3)CC2)cc1. The first-order chi connectivity index (χ1) is 13.4. The van der Waals surface area contributed by atoms with E-state index >= 15 is 0 Å². The Balaban J connectivity index is 1.48. The second kappa shape index (κ2) is 8.69. The molecule has 1 saturated carbocycles. The minimum Gasteiger partial charge on any atom is -0.478 e. The van der Waals surface area contributed by atoms with Crippen LogP contribution in [0.25, 0.3) is 0 Å². The van der Waals surface area contributed by atoms with Gasteiger partial charge in [-0.3, -0.25) is 9.59 Å². The van der Waals surface area contributed by atoms with Crippen molar-refractivity contribution >= 4 is 17.9 Å². The zero-order chi connectivity index (χ0) is 20.1. The first-order valence-corrected chi connectivity index (χ1v) is 9.26. The maximum atomic E-state index is 12.3. The van der Waals surface area contributed by atoms with E-state index < -0.39 is 5.97 Å². The van der Waals surface area contributed by atoms with Gasteiger partial charge >= 0.3 is 17.9 Å². The van der Waals surface area contributed by atoms with Crippen LogP contribution in [0.15, 0.2) is 48.5 Å². The lowest BCUT2D eigenvalue weighted by molar-refractivity contribution is -0.145. The van der Waals surface area contributed by atoms with Gasteiger partial charge in [-0.15, -0.1) is 0 Å². The summed E-state index contributed by atoms with van der Waals surface area (Å²) in [5.41, 5.74) is 1.23. The number of carbonyl (C=O) groups excluding carboxylic acids is 2. The Morgan fingerprint density at radius 1 is 0.750 bits per heavy atom. The second-order valence-corrected chi connectivity index (χ2v) is 7.03. The Bertz CT molecular complexity index is 846. The highest BCUT2D eigenvalue weighted by Crippen LogP contribution is 2.31. The lowest BCUT2D eigenvalue weighted by atomic mass is 9.82. The zero-order valence-corrected chi connectivity index (χ0v) is 15.6. The predicted octanol–water partition coefficient (Wildman–Crippen LogP) is 4.01. The number of benzene rings is 2. The van der Waals surface area contributed by atoms with Gasteiger partial charge in [0.05, 0.1) is 17.4 Å². The van der Waals surface area contributed by atoms with Crippen LogP contribution in [0.1, 0.15) is 41.6 Å². The summed E-state index contributed by atoms with van der Waals surface area (Å²) in [6.45, 7) is 1.96. The topological polar surface area (TPSA) is 89.9 Å². The van der Waals surface area contributed by atoms with Crippen LogP contribution in [-0.4, -0.2) is 23.0 Å². The molecule has 2 aromatic carbocycles. The number of esters is 2. The molecule has 6 heteroatoms. The fourth-order valence-electron chi connectivity index (χ4n) is 3.24. The number of aryl methyl sites for hydroxylation is 1. The summed E-state index contributed by atoms with van der Waals surface area (Å²) in [4.78, 5) is 35.5. The molecule has 0 spiro atoms. The van der Waals surface area contributed by atoms with Crippen molar-refractivity contribution in [1.82, 2.24) is 0 Å². The monoisotopic (exact) mass is 382 g/mol. The van der Waals surface area contributed by atoms with Crippen molar-refractivity contribution in [2.45, 2.75) is 32.6 Å². The fourth-order valence-corrected chi connectivity index (χ4v) is 3.24. The van der Waals surface area contributed by atoms with Crippen LogP contribution in [0.4, 0.5) is 0 Å². The Labute approximate surface area is 163 Å². The number of aromatic carboxylic acids is 1. The number of carboxylic acid groups (broad SMARTS) is 1. The molecule has 0 unspecified atom stereocenters. The number of rotatable bonds is 5. The summed E-state index contributed by atoms with van der Waals surface area (Å²) in [7, 11) is 0. The van der Waals surface area contributed by atoms with Crippen molar-refractivity contribution in [3.05, 3.63) is 59.7 Å². The van der Waals surface area contributed by atoms with E-state index in [4.69, 9.17) is 14.6 Å². The molecule has 2 aromatic rings. The van der Waals surface area contributed by atoms with Gasteiger partial charge in [0.25, 0.3) is 0 Å². The maximum Gasteiger partial charge on any atom is 0.335 e. The van der Waals surface area contributed by atoms with E-state index in [0.717, 1.165) is 5.56 Å². The molecule has 1 fully saturated rings. The van der Waals surface area contributed by atoms with Gasteiger partial charge in [-0.05, 0) is 69.0 Å². The fraction of sp³-hybridized carbons (Fsp3) is 0.318. The van der Waals surface area contributed by atoms with E-state index in [0.29, 0.717) is 37.2 Å². The highest BCUT2D eigenvalue weighted by Gasteiger charge is 2.32. The Morgan fingerprint density at radius 2 is 1.14 bits per heavy atom. The number of ether oxygens (including phenoxy) is 2. The van der Waals surface area contributed by atoms with Crippen LogP contribution in [0.2, 0.25) is 0 Å². The van der Waals surface area contributed by atoms with Crippen LogP contribution in [0.5, 0.6) is 11.5 Å². The van der Waals surface area contributed by atoms with Gasteiger partial charge in [-0.2, -0.15) is 0 Å². The van der Waals surface area contributed by atoms with Gasteiger partial charge < -0.3 is 14.6 Å². The molecule has 1 aliphatic rings. The predicted molar refractivity (Wildman–Crippen MR) is 101 cm³/mol.